The first-order chi connectivity index (χ1) is 34.6. The molecule has 3 aliphatic rings. The number of hydrogen-bond acceptors (Lipinski definition) is 10. The van der Waals surface area contributed by atoms with Crippen molar-refractivity contribution in [1.82, 2.24) is 52.9 Å². The van der Waals surface area contributed by atoms with E-state index < -0.39 is 11.6 Å². The Morgan fingerprint density at radius 2 is 1.10 bits per heavy atom. The molecule has 0 aromatic carbocycles. The number of nitrogens with one attached hydrogen (secondary N) is 3. The lowest BCUT2D eigenvalue weighted by molar-refractivity contribution is 0.441. The molecule has 0 atom stereocenters. The van der Waals surface area contributed by atoms with Crippen molar-refractivity contribution in [3.05, 3.63) is 150 Å². The van der Waals surface area contributed by atoms with E-state index in [0.29, 0.717) is 33.5 Å². The normalized spacial score (nSPS) is 14.8. The van der Waals surface area contributed by atoms with Crippen LogP contribution in [0, 0.1) is 18.6 Å². The van der Waals surface area contributed by atoms with Crippen LogP contribution in [0.5, 0.6) is 0 Å². The van der Waals surface area contributed by atoms with Crippen molar-refractivity contribution in [2.45, 2.75) is 82.8 Å². The van der Waals surface area contributed by atoms with Crippen LogP contribution in [0.2, 0.25) is 10.0 Å². The van der Waals surface area contributed by atoms with Crippen LogP contribution in [0.25, 0.3) is 62.2 Å². The second-order valence-corrected chi connectivity index (χ2v) is 19.2. The topological polar surface area (TPSA) is 144 Å². The SMILES string of the molecule is Cc1ccc(-c2cnc3ccc(Cl)cn23)nc1NC1CCC1.Cn1cc(-c2ccc3ncc(-c4cccc(NC5CCC5)n4)n3c2)cn1.Fc1cc(F)c(-c2cnc3ccc(Cl)cn23)nc1NC1CCC1. The Bertz CT molecular complexity index is 3530. The Labute approximate surface area is 418 Å². The van der Waals surface area contributed by atoms with Crippen LogP contribution >= 0.6 is 23.2 Å². The highest BCUT2D eigenvalue weighted by Gasteiger charge is 2.23. The van der Waals surface area contributed by atoms with Crippen LogP contribution in [-0.2, 0) is 7.05 Å². The molecule has 71 heavy (non-hydrogen) atoms. The van der Waals surface area contributed by atoms with Gasteiger partial charge in [-0.1, -0.05) is 35.3 Å². The van der Waals surface area contributed by atoms with Crippen LogP contribution in [0.4, 0.5) is 26.2 Å². The van der Waals surface area contributed by atoms with Crippen molar-refractivity contribution in [2.75, 3.05) is 16.0 Å². The molecular formula is C53H50Cl2F2N14. The fourth-order valence-corrected chi connectivity index (χ4v) is 8.98. The van der Waals surface area contributed by atoms with Gasteiger partial charge in [-0.05, 0) is 125 Å². The van der Waals surface area contributed by atoms with E-state index in [-0.39, 0.29) is 17.6 Å². The smallest absolute Gasteiger partial charge is 0.168 e. The Hall–Kier alpha value is -7.43. The number of aryl methyl sites for hydroxylation is 2. The van der Waals surface area contributed by atoms with Gasteiger partial charge in [-0.3, -0.25) is 17.9 Å². The first-order valence-corrected chi connectivity index (χ1v) is 24.7. The van der Waals surface area contributed by atoms with Crippen molar-refractivity contribution < 1.29 is 8.78 Å². The number of halogens is 4. The quantitative estimate of drug-likeness (QED) is 0.121. The number of aromatic nitrogens is 11. The summed E-state index contributed by atoms with van der Waals surface area (Å²) in [7, 11) is 1.93. The van der Waals surface area contributed by atoms with E-state index >= 15 is 0 Å². The lowest BCUT2D eigenvalue weighted by Gasteiger charge is -2.27. The minimum Gasteiger partial charge on any atom is -0.367 e. The number of anilines is 3. The van der Waals surface area contributed by atoms with Gasteiger partial charge in [-0.25, -0.2) is 38.7 Å². The van der Waals surface area contributed by atoms with Crippen molar-refractivity contribution in [3.63, 3.8) is 0 Å². The number of hydrogen-bond donors (Lipinski definition) is 3. The minimum atomic E-state index is -0.733. The highest BCUT2D eigenvalue weighted by atomic mass is 35.5. The molecule has 360 valence electrons. The molecule has 0 spiro atoms. The van der Waals surface area contributed by atoms with Gasteiger partial charge in [0.05, 0.1) is 63.3 Å². The Kier molecular flexibility index (Phi) is 12.8. The molecule has 0 aliphatic heterocycles. The second kappa shape index (κ2) is 19.8. The van der Waals surface area contributed by atoms with E-state index in [0.717, 1.165) is 82.2 Å². The molecule has 14 nitrogen and oxygen atoms in total. The second-order valence-electron chi connectivity index (χ2n) is 18.4. The predicted molar refractivity (Wildman–Crippen MR) is 276 cm³/mol. The van der Waals surface area contributed by atoms with Crippen molar-refractivity contribution >= 4 is 57.6 Å². The summed E-state index contributed by atoms with van der Waals surface area (Å²) in [5, 5.41) is 15.5. The van der Waals surface area contributed by atoms with E-state index in [1.165, 1.54) is 50.3 Å². The number of imidazole rings is 3. The molecule has 0 radical (unpaired) electrons. The minimum absolute atomic E-state index is 0.0444. The molecule has 18 heteroatoms. The van der Waals surface area contributed by atoms with Crippen LogP contribution < -0.4 is 16.0 Å². The van der Waals surface area contributed by atoms with Gasteiger partial charge in [0.15, 0.2) is 17.5 Å². The summed E-state index contributed by atoms with van der Waals surface area (Å²) >= 11 is 12.1. The molecule has 0 unspecified atom stereocenters. The fraction of sp³-hybridized carbons (Fsp3) is 0.264. The zero-order chi connectivity index (χ0) is 48.6. The summed E-state index contributed by atoms with van der Waals surface area (Å²) in [4.78, 5) is 26.9. The maximum absolute atomic E-state index is 14.3. The monoisotopic (exact) mass is 990 g/mol. The third kappa shape index (κ3) is 9.86. The standard InChI is InChI=1S/C20H20N6.C17H17ClN4.C16H13ClF2N4/c1-25-12-15(10-22-25)14-8-9-20-21-11-18(26(20)13-14)17-6-3-7-19(24-17)23-16-4-2-5-16;1-11-5-7-14(21-17(11)20-13-3-2-4-13)15-9-19-16-8-6-12(18)10-22(15)16;17-9-4-5-14-20-7-13(23(14)8-9)15-11(18)6-12(19)16(22-15)21-10-2-1-3-10/h3,6-13,16H,2,4-5H2,1H3,(H,23,24);5-10,13H,2-4H2,1H3,(H,20,21);4-8,10H,1-3H2,(H,21,22). The first-order valence-electron chi connectivity index (χ1n) is 23.9. The summed E-state index contributed by atoms with van der Waals surface area (Å²) < 4.78 is 35.7. The van der Waals surface area contributed by atoms with Gasteiger partial charge >= 0.3 is 0 Å². The van der Waals surface area contributed by atoms with Gasteiger partial charge in [0.1, 0.15) is 34.3 Å². The molecule has 10 aromatic rings. The fourth-order valence-electron chi connectivity index (χ4n) is 8.66. The van der Waals surface area contributed by atoms with Gasteiger partial charge in [0, 0.05) is 67.2 Å². The van der Waals surface area contributed by atoms with E-state index in [1.54, 1.807) is 22.7 Å². The van der Waals surface area contributed by atoms with E-state index in [4.69, 9.17) is 33.2 Å². The molecule has 3 N–H and O–H groups in total. The third-order valence-electron chi connectivity index (χ3n) is 13.4. The third-order valence-corrected chi connectivity index (χ3v) is 13.8. The van der Waals surface area contributed by atoms with Crippen LogP contribution in [-0.4, -0.2) is 71.0 Å². The highest BCUT2D eigenvalue weighted by molar-refractivity contribution is 6.30. The summed E-state index contributed by atoms with van der Waals surface area (Å²) in [5.74, 6) is 0.557. The van der Waals surface area contributed by atoms with E-state index in [9.17, 15) is 8.78 Å². The maximum atomic E-state index is 14.3. The van der Waals surface area contributed by atoms with Crippen molar-refractivity contribution in [1.29, 1.82) is 0 Å². The summed E-state index contributed by atoms with van der Waals surface area (Å²) in [5.41, 5.74) is 9.99. The molecule has 3 aliphatic carbocycles. The van der Waals surface area contributed by atoms with Gasteiger partial charge in [-0.2, -0.15) is 5.10 Å². The predicted octanol–water partition coefficient (Wildman–Crippen LogP) is 12.4. The lowest BCUT2D eigenvalue weighted by atomic mass is 9.93. The molecule has 3 fully saturated rings. The van der Waals surface area contributed by atoms with Crippen LogP contribution in [0.1, 0.15) is 63.4 Å². The van der Waals surface area contributed by atoms with Crippen LogP contribution in [0.3, 0.4) is 0 Å². The maximum Gasteiger partial charge on any atom is 0.168 e. The number of fused-ring (bicyclic) bond motifs is 3. The molecule has 0 saturated heterocycles. The molecule has 10 aromatic heterocycles. The zero-order valence-electron chi connectivity index (χ0n) is 39.1. The number of pyridine rings is 6. The van der Waals surface area contributed by atoms with E-state index in [1.807, 2.05) is 89.6 Å². The molecule has 13 rings (SSSR count). The zero-order valence-corrected chi connectivity index (χ0v) is 40.6. The largest absolute Gasteiger partial charge is 0.367 e. The van der Waals surface area contributed by atoms with Crippen LogP contribution in [0.15, 0.2) is 122 Å². The average molecular weight is 992 g/mol. The number of rotatable bonds is 10. The van der Waals surface area contributed by atoms with Gasteiger partial charge in [0.2, 0.25) is 0 Å². The highest BCUT2D eigenvalue weighted by Crippen LogP contribution is 2.32. The van der Waals surface area contributed by atoms with E-state index in [2.05, 4.69) is 70.6 Å². The molecular weight excluding hydrogens is 942 g/mol. The summed E-state index contributed by atoms with van der Waals surface area (Å²) in [6, 6.07) is 23.7. The first kappa shape index (κ1) is 46.0. The van der Waals surface area contributed by atoms with Gasteiger partial charge in [-0.15, -0.1) is 0 Å². The number of nitrogens with zero attached hydrogens (tertiary/aromatic N) is 11. The Morgan fingerprint density at radius 1 is 0.535 bits per heavy atom. The van der Waals surface area contributed by atoms with Gasteiger partial charge < -0.3 is 16.0 Å². The summed E-state index contributed by atoms with van der Waals surface area (Å²) in [6.07, 6.45) is 25.3. The summed E-state index contributed by atoms with van der Waals surface area (Å²) in [6.45, 7) is 2.09. The van der Waals surface area contributed by atoms with Gasteiger partial charge in [0.25, 0.3) is 0 Å². The molecule has 3 saturated carbocycles. The molecule has 10 heterocycles. The van der Waals surface area contributed by atoms with Crippen molar-refractivity contribution in [3.8, 4) is 45.3 Å². The molecule has 0 amide bonds. The molecule has 0 bridgehead atoms. The van der Waals surface area contributed by atoms with Crippen molar-refractivity contribution in [2.24, 2.45) is 7.05 Å². The Balaban J connectivity index is 0.000000116. The average Bonchev–Trinajstić information content (AvgIpc) is 4.15. The Morgan fingerprint density at radius 3 is 1.70 bits per heavy atom. The lowest BCUT2D eigenvalue weighted by Crippen LogP contribution is -2.28.